The Kier molecular flexibility index (Phi) is 7.27. The van der Waals surface area contributed by atoms with Crippen LogP contribution in [0.1, 0.15) is 48.6 Å². The lowest BCUT2D eigenvalue weighted by atomic mass is 9.94. The van der Waals surface area contributed by atoms with Crippen molar-refractivity contribution >= 4 is 28.8 Å². The fourth-order valence-electron chi connectivity index (χ4n) is 4.20. The number of nitrogens with zero attached hydrogens (tertiary/aromatic N) is 2. The van der Waals surface area contributed by atoms with E-state index in [1.165, 1.54) is 28.7 Å². The number of pyridine rings is 1. The van der Waals surface area contributed by atoms with Crippen LogP contribution in [0.25, 0.3) is 0 Å². The molecule has 1 unspecified atom stereocenters. The molecule has 3 aromatic rings. The number of carbonyl (C=O) groups is 2. The highest BCUT2D eigenvalue weighted by atomic mass is 32.1. The molecule has 32 heavy (non-hydrogen) atoms. The molecule has 2 heterocycles. The zero-order chi connectivity index (χ0) is 22.3. The average Bonchev–Trinajstić information content (AvgIpc) is 3.32. The number of para-hydroxylation sites is 1. The van der Waals surface area contributed by atoms with Gasteiger partial charge in [0, 0.05) is 23.3 Å². The van der Waals surface area contributed by atoms with Gasteiger partial charge in [-0.15, -0.1) is 11.3 Å². The topological polar surface area (TPSA) is 62.3 Å². The maximum atomic E-state index is 14.9. The quantitative estimate of drug-likeness (QED) is 0.547. The van der Waals surface area contributed by atoms with Gasteiger partial charge in [-0.2, -0.15) is 0 Å². The van der Waals surface area contributed by atoms with E-state index in [1.54, 1.807) is 42.7 Å². The molecule has 1 N–H and O–H groups in total. The Morgan fingerprint density at radius 1 is 1.06 bits per heavy atom. The molecule has 0 bridgehead atoms. The molecule has 1 fully saturated rings. The summed E-state index contributed by atoms with van der Waals surface area (Å²) in [7, 11) is 0. The Labute approximate surface area is 191 Å². The third-order valence-corrected chi connectivity index (χ3v) is 6.64. The van der Waals surface area contributed by atoms with Gasteiger partial charge in [0.15, 0.2) is 0 Å². The first-order valence-electron chi connectivity index (χ1n) is 10.9. The number of carbonyl (C=O) groups excluding carboxylic acids is 2. The second-order valence-corrected chi connectivity index (χ2v) is 9.03. The smallest absolute Gasteiger partial charge is 0.248 e. The number of rotatable bonds is 7. The van der Waals surface area contributed by atoms with Crippen LogP contribution >= 0.6 is 11.3 Å². The second-order valence-electron chi connectivity index (χ2n) is 8.00. The summed E-state index contributed by atoms with van der Waals surface area (Å²) in [5, 5.41) is 5.02. The van der Waals surface area contributed by atoms with Crippen LogP contribution in [0.15, 0.2) is 66.3 Å². The van der Waals surface area contributed by atoms with Gasteiger partial charge >= 0.3 is 0 Å². The molecular formula is C25H26FN3O2S. The van der Waals surface area contributed by atoms with E-state index in [4.69, 9.17) is 0 Å². The maximum Gasteiger partial charge on any atom is 0.248 e. The Morgan fingerprint density at radius 2 is 1.81 bits per heavy atom. The molecule has 0 aliphatic heterocycles. The number of benzene rings is 1. The summed E-state index contributed by atoms with van der Waals surface area (Å²) in [6.07, 6.45) is 8.39. The lowest BCUT2D eigenvalue weighted by Crippen LogP contribution is -2.48. The Balaban J connectivity index is 1.74. The van der Waals surface area contributed by atoms with Gasteiger partial charge in [-0.25, -0.2) is 4.39 Å². The van der Waals surface area contributed by atoms with Crippen LogP contribution in [0, 0.1) is 5.82 Å². The number of aromatic nitrogens is 1. The fraction of sp³-hybridized carbons (Fsp3) is 0.320. The van der Waals surface area contributed by atoms with E-state index in [9.17, 15) is 14.0 Å². The van der Waals surface area contributed by atoms with Gasteiger partial charge in [-0.1, -0.05) is 37.5 Å². The van der Waals surface area contributed by atoms with Crippen LogP contribution in [0.5, 0.6) is 0 Å². The highest BCUT2D eigenvalue weighted by Gasteiger charge is 2.35. The van der Waals surface area contributed by atoms with E-state index in [0.29, 0.717) is 5.56 Å². The predicted octanol–water partition coefficient (Wildman–Crippen LogP) is 5.05. The van der Waals surface area contributed by atoms with Crippen molar-refractivity contribution in [3.8, 4) is 0 Å². The number of nitrogens with one attached hydrogen (secondary N) is 1. The summed E-state index contributed by atoms with van der Waals surface area (Å²) in [5.41, 5.74) is 0.686. The molecule has 1 aliphatic rings. The average molecular weight is 452 g/mol. The minimum atomic E-state index is -0.996. The van der Waals surface area contributed by atoms with E-state index < -0.39 is 11.9 Å². The normalized spacial score (nSPS) is 15.2. The molecule has 0 saturated heterocycles. The van der Waals surface area contributed by atoms with Crippen molar-refractivity contribution in [2.75, 3.05) is 4.90 Å². The summed E-state index contributed by atoms with van der Waals surface area (Å²) in [6.45, 7) is 0. The molecule has 1 aromatic carbocycles. The largest absolute Gasteiger partial charge is 0.351 e. The van der Waals surface area contributed by atoms with E-state index in [0.717, 1.165) is 30.6 Å². The molecule has 1 atom stereocenters. The van der Waals surface area contributed by atoms with Crippen LogP contribution in [-0.2, 0) is 16.0 Å². The lowest BCUT2D eigenvalue weighted by Gasteiger charge is -2.33. The van der Waals surface area contributed by atoms with Crippen molar-refractivity contribution in [1.82, 2.24) is 10.3 Å². The zero-order valence-electron chi connectivity index (χ0n) is 17.7. The van der Waals surface area contributed by atoms with Gasteiger partial charge < -0.3 is 5.32 Å². The van der Waals surface area contributed by atoms with Crippen molar-refractivity contribution in [1.29, 1.82) is 0 Å². The summed E-state index contributed by atoms with van der Waals surface area (Å²) < 4.78 is 14.9. The third kappa shape index (κ3) is 5.22. The third-order valence-electron chi connectivity index (χ3n) is 5.77. The minimum Gasteiger partial charge on any atom is -0.351 e. The van der Waals surface area contributed by atoms with Gasteiger partial charge in [-0.3, -0.25) is 19.5 Å². The van der Waals surface area contributed by atoms with Gasteiger partial charge in [0.25, 0.3) is 0 Å². The van der Waals surface area contributed by atoms with Crippen molar-refractivity contribution < 1.29 is 14.0 Å². The number of hydrogen-bond acceptors (Lipinski definition) is 4. The number of halogens is 1. The highest BCUT2D eigenvalue weighted by Crippen LogP contribution is 2.31. The fourth-order valence-corrected chi connectivity index (χ4v) is 4.90. The standard InChI is InChI=1S/C25H26FN3O2S/c26-21-10-4-5-11-22(21)29(23(30)17-20-9-6-16-32-20)24(18-12-14-27-15-13-18)25(31)28-19-7-2-1-3-8-19/h4-6,9-16,19,24H,1-3,7-8,17H2,(H,28,31). The summed E-state index contributed by atoms with van der Waals surface area (Å²) >= 11 is 1.46. The Bertz CT molecular complexity index is 1040. The molecule has 2 amide bonds. The number of thiophene rings is 1. The van der Waals surface area contributed by atoms with Crippen molar-refractivity contribution in [2.45, 2.75) is 50.6 Å². The van der Waals surface area contributed by atoms with Crippen LogP contribution in [0.2, 0.25) is 0 Å². The van der Waals surface area contributed by atoms with E-state index in [1.807, 2.05) is 17.5 Å². The molecule has 0 radical (unpaired) electrons. The molecule has 166 valence electrons. The predicted molar refractivity (Wildman–Crippen MR) is 124 cm³/mol. The van der Waals surface area contributed by atoms with E-state index >= 15 is 0 Å². The monoisotopic (exact) mass is 451 g/mol. The Morgan fingerprint density at radius 3 is 2.50 bits per heavy atom. The minimum absolute atomic E-state index is 0.0652. The number of amides is 2. The van der Waals surface area contributed by atoms with Crippen molar-refractivity contribution in [2.24, 2.45) is 0 Å². The lowest BCUT2D eigenvalue weighted by molar-refractivity contribution is -0.127. The van der Waals surface area contributed by atoms with Gasteiger partial charge in [0.2, 0.25) is 11.8 Å². The first kappa shape index (κ1) is 22.1. The van der Waals surface area contributed by atoms with E-state index in [-0.39, 0.29) is 30.0 Å². The van der Waals surface area contributed by atoms with Crippen LogP contribution < -0.4 is 10.2 Å². The molecule has 7 heteroatoms. The van der Waals surface area contributed by atoms with Gasteiger partial charge in [0.1, 0.15) is 11.9 Å². The van der Waals surface area contributed by atoms with Gasteiger partial charge in [0.05, 0.1) is 12.1 Å². The molecule has 5 nitrogen and oxygen atoms in total. The number of anilines is 1. The molecule has 2 aromatic heterocycles. The molecule has 1 aliphatic carbocycles. The zero-order valence-corrected chi connectivity index (χ0v) is 18.6. The molecule has 4 rings (SSSR count). The van der Waals surface area contributed by atoms with E-state index in [2.05, 4.69) is 10.3 Å². The van der Waals surface area contributed by atoms with Crippen molar-refractivity contribution in [3.05, 3.63) is 82.6 Å². The summed E-state index contributed by atoms with van der Waals surface area (Å²) in [5.74, 6) is -1.18. The highest BCUT2D eigenvalue weighted by molar-refractivity contribution is 7.10. The second kappa shape index (κ2) is 10.5. The Hall–Kier alpha value is -3.06. The molecule has 1 saturated carbocycles. The first-order valence-corrected chi connectivity index (χ1v) is 11.8. The van der Waals surface area contributed by atoms with Crippen LogP contribution in [0.4, 0.5) is 10.1 Å². The van der Waals surface area contributed by atoms with Gasteiger partial charge in [-0.05, 0) is 54.1 Å². The van der Waals surface area contributed by atoms with Crippen molar-refractivity contribution in [3.63, 3.8) is 0 Å². The van der Waals surface area contributed by atoms with Crippen LogP contribution in [0.3, 0.4) is 0 Å². The van der Waals surface area contributed by atoms with Crippen LogP contribution in [-0.4, -0.2) is 22.8 Å². The molecular weight excluding hydrogens is 425 g/mol. The number of hydrogen-bond donors (Lipinski definition) is 1. The maximum absolute atomic E-state index is 14.9. The summed E-state index contributed by atoms with van der Waals surface area (Å²) in [6, 6.07) is 12.3. The molecule has 0 spiro atoms. The SMILES string of the molecule is O=C(NC1CCCCC1)C(c1ccncc1)N(C(=O)Cc1cccs1)c1ccccc1F. The summed E-state index contributed by atoms with van der Waals surface area (Å²) in [4.78, 5) is 33.4. The first-order chi connectivity index (χ1) is 15.6.